The molecule has 1 aliphatic carbocycles. The van der Waals surface area contributed by atoms with Gasteiger partial charge in [0.15, 0.2) is 0 Å². The van der Waals surface area contributed by atoms with E-state index in [1.807, 2.05) is 4.68 Å². The first-order valence-electron chi connectivity index (χ1n) is 6.39. The molecule has 1 aromatic heterocycles. The third-order valence-electron chi connectivity index (χ3n) is 3.78. The number of ether oxygens (including phenoxy) is 1. The Kier molecular flexibility index (Phi) is 2.91. The highest BCUT2D eigenvalue weighted by Crippen LogP contribution is 2.34. The van der Waals surface area contributed by atoms with E-state index >= 15 is 0 Å². The van der Waals surface area contributed by atoms with Crippen molar-refractivity contribution in [3.8, 4) is 0 Å². The van der Waals surface area contributed by atoms with Crippen LogP contribution in [-0.2, 0) is 11.3 Å². The molecule has 0 N–H and O–H groups in total. The molecule has 1 unspecified atom stereocenters. The quantitative estimate of drug-likeness (QED) is 0.783. The summed E-state index contributed by atoms with van der Waals surface area (Å²) >= 11 is 0. The molecule has 1 atom stereocenters. The first-order chi connectivity index (χ1) is 7.92. The minimum absolute atomic E-state index is 0.629. The van der Waals surface area contributed by atoms with Gasteiger partial charge in [0.2, 0.25) is 0 Å². The summed E-state index contributed by atoms with van der Waals surface area (Å²) in [6.45, 7) is 2.79. The van der Waals surface area contributed by atoms with Gasteiger partial charge in [-0.25, -0.2) is 0 Å². The van der Waals surface area contributed by atoms with Crippen molar-refractivity contribution in [3.05, 3.63) is 11.9 Å². The van der Waals surface area contributed by atoms with Gasteiger partial charge in [0.05, 0.1) is 12.3 Å². The van der Waals surface area contributed by atoms with Crippen molar-refractivity contribution < 1.29 is 4.74 Å². The molecule has 0 radical (unpaired) electrons. The molecule has 1 aliphatic heterocycles. The maximum absolute atomic E-state index is 5.48. The topological polar surface area (TPSA) is 39.9 Å². The lowest BCUT2D eigenvalue weighted by Gasteiger charge is -2.23. The minimum atomic E-state index is 0.629. The van der Waals surface area contributed by atoms with Crippen molar-refractivity contribution in [1.82, 2.24) is 15.0 Å². The average molecular weight is 221 g/mol. The van der Waals surface area contributed by atoms with E-state index in [2.05, 4.69) is 16.5 Å². The molecule has 0 aromatic carbocycles. The molecule has 3 rings (SSSR count). The van der Waals surface area contributed by atoms with Crippen LogP contribution in [0.2, 0.25) is 0 Å². The number of rotatable bonds is 3. The van der Waals surface area contributed by atoms with Gasteiger partial charge in [-0.2, -0.15) is 0 Å². The van der Waals surface area contributed by atoms with Crippen LogP contribution in [0, 0.1) is 5.92 Å². The standard InChI is InChI=1S/C12H19N3O/c1-4-11(5-1)12-8-15(14-13-12)7-10-3-2-6-16-9-10/h8,10-11H,1-7,9H2. The van der Waals surface area contributed by atoms with E-state index in [4.69, 9.17) is 4.74 Å². The summed E-state index contributed by atoms with van der Waals surface area (Å²) < 4.78 is 7.49. The van der Waals surface area contributed by atoms with Crippen molar-refractivity contribution in [2.75, 3.05) is 13.2 Å². The normalized spacial score (nSPS) is 26.6. The van der Waals surface area contributed by atoms with Crippen LogP contribution in [0.15, 0.2) is 6.20 Å². The summed E-state index contributed by atoms with van der Waals surface area (Å²) in [4.78, 5) is 0. The van der Waals surface area contributed by atoms with Crippen LogP contribution >= 0.6 is 0 Å². The van der Waals surface area contributed by atoms with Crippen molar-refractivity contribution in [3.63, 3.8) is 0 Å². The second-order valence-electron chi connectivity index (χ2n) is 5.08. The lowest BCUT2D eigenvalue weighted by atomic mass is 9.83. The zero-order valence-corrected chi connectivity index (χ0v) is 9.64. The molecule has 4 heteroatoms. The second kappa shape index (κ2) is 4.53. The Bertz CT molecular complexity index is 340. The Hall–Kier alpha value is -0.900. The van der Waals surface area contributed by atoms with Crippen LogP contribution < -0.4 is 0 Å². The third-order valence-corrected chi connectivity index (χ3v) is 3.78. The molecule has 0 amide bonds. The summed E-state index contributed by atoms with van der Waals surface area (Å²) in [6, 6.07) is 0. The predicted molar refractivity (Wildman–Crippen MR) is 60.2 cm³/mol. The largest absolute Gasteiger partial charge is 0.381 e. The van der Waals surface area contributed by atoms with Crippen LogP contribution in [0.25, 0.3) is 0 Å². The lowest BCUT2D eigenvalue weighted by molar-refractivity contribution is 0.0468. The fourth-order valence-electron chi connectivity index (χ4n) is 2.51. The highest BCUT2D eigenvalue weighted by Gasteiger charge is 2.23. The van der Waals surface area contributed by atoms with Gasteiger partial charge in [-0.05, 0) is 25.7 Å². The minimum Gasteiger partial charge on any atom is -0.381 e. The smallest absolute Gasteiger partial charge is 0.0857 e. The van der Waals surface area contributed by atoms with Crippen LogP contribution in [0.4, 0.5) is 0 Å². The molecule has 2 aliphatic rings. The summed E-state index contributed by atoms with van der Waals surface area (Å²) in [5, 5.41) is 8.50. The van der Waals surface area contributed by atoms with E-state index in [0.717, 1.165) is 19.8 Å². The summed E-state index contributed by atoms with van der Waals surface area (Å²) in [6.07, 6.45) is 8.54. The number of aromatic nitrogens is 3. The van der Waals surface area contributed by atoms with Gasteiger partial charge in [-0.1, -0.05) is 11.6 Å². The Morgan fingerprint density at radius 1 is 1.31 bits per heavy atom. The second-order valence-corrected chi connectivity index (χ2v) is 5.08. The van der Waals surface area contributed by atoms with Crippen molar-refractivity contribution in [2.24, 2.45) is 5.92 Å². The fourth-order valence-corrected chi connectivity index (χ4v) is 2.51. The van der Waals surface area contributed by atoms with E-state index in [9.17, 15) is 0 Å². The molecule has 1 saturated carbocycles. The van der Waals surface area contributed by atoms with Gasteiger partial charge >= 0.3 is 0 Å². The molecule has 1 saturated heterocycles. The molecule has 2 fully saturated rings. The van der Waals surface area contributed by atoms with Crippen molar-refractivity contribution in [2.45, 2.75) is 44.6 Å². The van der Waals surface area contributed by atoms with Gasteiger partial charge in [0, 0.05) is 31.2 Å². The third kappa shape index (κ3) is 2.12. The summed E-state index contributed by atoms with van der Waals surface area (Å²) in [7, 11) is 0. The van der Waals surface area contributed by atoms with E-state index in [1.165, 1.54) is 37.8 Å². The Morgan fingerprint density at radius 3 is 2.94 bits per heavy atom. The monoisotopic (exact) mass is 221 g/mol. The zero-order valence-electron chi connectivity index (χ0n) is 9.64. The van der Waals surface area contributed by atoms with E-state index in [0.29, 0.717) is 11.8 Å². The highest BCUT2D eigenvalue weighted by molar-refractivity contribution is 5.05. The highest BCUT2D eigenvalue weighted by atomic mass is 16.5. The molecule has 0 bridgehead atoms. The van der Waals surface area contributed by atoms with Crippen LogP contribution in [0.5, 0.6) is 0 Å². The average Bonchev–Trinajstić information content (AvgIpc) is 2.65. The number of hydrogen-bond acceptors (Lipinski definition) is 3. The van der Waals surface area contributed by atoms with Gasteiger partial charge in [0.25, 0.3) is 0 Å². The molecule has 1 aromatic rings. The maximum Gasteiger partial charge on any atom is 0.0857 e. The fraction of sp³-hybridized carbons (Fsp3) is 0.833. The molecular formula is C12H19N3O. The number of hydrogen-bond donors (Lipinski definition) is 0. The van der Waals surface area contributed by atoms with Crippen LogP contribution in [0.1, 0.15) is 43.7 Å². The van der Waals surface area contributed by atoms with Crippen molar-refractivity contribution in [1.29, 1.82) is 0 Å². The van der Waals surface area contributed by atoms with Gasteiger partial charge in [0.1, 0.15) is 0 Å². The van der Waals surface area contributed by atoms with E-state index in [1.54, 1.807) is 0 Å². The lowest BCUT2D eigenvalue weighted by Crippen LogP contribution is -2.22. The summed E-state index contributed by atoms with van der Waals surface area (Å²) in [5.74, 6) is 1.32. The van der Waals surface area contributed by atoms with Crippen molar-refractivity contribution >= 4 is 0 Å². The summed E-state index contributed by atoms with van der Waals surface area (Å²) in [5.41, 5.74) is 1.20. The Morgan fingerprint density at radius 2 is 2.25 bits per heavy atom. The molecular weight excluding hydrogens is 202 g/mol. The first kappa shape index (κ1) is 10.3. The maximum atomic E-state index is 5.48. The Balaban J connectivity index is 1.58. The van der Waals surface area contributed by atoms with Crippen LogP contribution in [0.3, 0.4) is 0 Å². The SMILES string of the molecule is c1c(C2CCC2)nnn1CC1CCCOC1. The molecule has 88 valence electrons. The van der Waals surface area contributed by atoms with Gasteiger partial charge in [-0.15, -0.1) is 5.10 Å². The van der Waals surface area contributed by atoms with E-state index in [-0.39, 0.29) is 0 Å². The van der Waals surface area contributed by atoms with E-state index < -0.39 is 0 Å². The molecule has 2 heterocycles. The Labute approximate surface area is 96.0 Å². The van der Waals surface area contributed by atoms with Gasteiger partial charge in [-0.3, -0.25) is 4.68 Å². The van der Waals surface area contributed by atoms with Gasteiger partial charge < -0.3 is 4.74 Å². The van der Waals surface area contributed by atoms with Crippen LogP contribution in [-0.4, -0.2) is 28.2 Å². The molecule has 0 spiro atoms. The predicted octanol–water partition coefficient (Wildman–Crippen LogP) is 1.97. The number of nitrogens with zero attached hydrogens (tertiary/aromatic N) is 3. The molecule has 16 heavy (non-hydrogen) atoms. The molecule has 4 nitrogen and oxygen atoms in total. The zero-order chi connectivity index (χ0) is 10.8. The first-order valence-corrected chi connectivity index (χ1v) is 6.39.